The Bertz CT molecular complexity index is 219. The summed E-state index contributed by atoms with van der Waals surface area (Å²) in [6.07, 6.45) is 4.46. The van der Waals surface area contributed by atoms with Gasteiger partial charge < -0.3 is 4.74 Å². The van der Waals surface area contributed by atoms with E-state index >= 15 is 0 Å². The van der Waals surface area contributed by atoms with Gasteiger partial charge in [-0.15, -0.1) is 0 Å². The van der Waals surface area contributed by atoms with Crippen molar-refractivity contribution in [2.45, 2.75) is 39.5 Å². The molecule has 86 valence electrons. The molecule has 0 saturated heterocycles. The monoisotopic (exact) mass is 212 g/mol. The molecule has 0 atom stereocenters. The molecule has 3 nitrogen and oxygen atoms in total. The second-order valence-electron chi connectivity index (χ2n) is 3.80. The van der Waals surface area contributed by atoms with Crippen LogP contribution in [0.3, 0.4) is 0 Å². The fraction of sp³-hybridized carbons (Fsp3) is 0.667. The van der Waals surface area contributed by atoms with Crippen LogP contribution in [0.25, 0.3) is 0 Å². The van der Waals surface area contributed by atoms with Crippen LogP contribution >= 0.6 is 0 Å². The smallest absolute Gasteiger partial charge is 0.308 e. The highest BCUT2D eigenvalue weighted by Crippen LogP contribution is 2.03. The van der Waals surface area contributed by atoms with Gasteiger partial charge in [-0.2, -0.15) is 0 Å². The minimum atomic E-state index is -0.155. The van der Waals surface area contributed by atoms with Crippen LogP contribution in [0.1, 0.15) is 39.5 Å². The first-order valence-corrected chi connectivity index (χ1v) is 5.39. The van der Waals surface area contributed by atoms with Crippen LogP contribution in [-0.4, -0.2) is 18.4 Å². The van der Waals surface area contributed by atoms with Crippen molar-refractivity contribution in [1.29, 1.82) is 0 Å². The van der Waals surface area contributed by atoms with Gasteiger partial charge in [0.25, 0.3) is 0 Å². The minimum Gasteiger partial charge on any atom is -0.465 e. The number of allylic oxidation sites excluding steroid dienone is 1. The van der Waals surface area contributed by atoms with Gasteiger partial charge in [0, 0.05) is 6.42 Å². The first-order valence-electron chi connectivity index (χ1n) is 5.39. The van der Waals surface area contributed by atoms with E-state index in [9.17, 15) is 9.59 Å². The van der Waals surface area contributed by atoms with Gasteiger partial charge in [0.1, 0.15) is 0 Å². The van der Waals surface area contributed by atoms with E-state index in [-0.39, 0.29) is 17.7 Å². The highest BCUT2D eigenvalue weighted by atomic mass is 16.5. The van der Waals surface area contributed by atoms with Gasteiger partial charge in [0.05, 0.1) is 12.5 Å². The summed E-state index contributed by atoms with van der Waals surface area (Å²) in [5, 5.41) is 0. The number of ketones is 1. The lowest BCUT2D eigenvalue weighted by Gasteiger charge is -2.06. The summed E-state index contributed by atoms with van der Waals surface area (Å²) < 4.78 is 4.99. The number of carbonyl (C=O) groups excluding carboxylic acids is 2. The Balaban J connectivity index is 3.29. The summed E-state index contributed by atoms with van der Waals surface area (Å²) in [5.41, 5.74) is 0. The van der Waals surface area contributed by atoms with Crippen LogP contribution in [0.15, 0.2) is 12.7 Å². The zero-order valence-electron chi connectivity index (χ0n) is 9.62. The van der Waals surface area contributed by atoms with E-state index in [1.54, 1.807) is 0 Å². The molecule has 0 N–H and O–H groups in total. The highest BCUT2D eigenvalue weighted by Gasteiger charge is 2.06. The van der Waals surface area contributed by atoms with Crippen molar-refractivity contribution in [3.63, 3.8) is 0 Å². The van der Waals surface area contributed by atoms with Gasteiger partial charge in [-0.1, -0.05) is 20.4 Å². The largest absolute Gasteiger partial charge is 0.465 e. The third kappa shape index (κ3) is 7.91. The van der Waals surface area contributed by atoms with Gasteiger partial charge in [-0.25, -0.2) is 0 Å². The SMILES string of the molecule is C=CC(=O)CCCCCOC(=O)C(C)C. The van der Waals surface area contributed by atoms with Crippen molar-refractivity contribution in [2.75, 3.05) is 6.61 Å². The molecule has 0 aliphatic heterocycles. The number of hydrogen-bond acceptors (Lipinski definition) is 3. The summed E-state index contributed by atoms with van der Waals surface area (Å²) in [7, 11) is 0. The van der Waals surface area contributed by atoms with Crippen molar-refractivity contribution in [1.82, 2.24) is 0 Å². The number of hydrogen-bond donors (Lipinski definition) is 0. The minimum absolute atomic E-state index is 0.0626. The number of ether oxygens (including phenoxy) is 1. The lowest BCUT2D eigenvalue weighted by molar-refractivity contribution is -0.147. The standard InChI is InChI=1S/C12H20O3/c1-4-11(13)8-6-5-7-9-15-12(14)10(2)3/h4,10H,1,5-9H2,2-3H3. The van der Waals surface area contributed by atoms with Gasteiger partial charge in [-0.05, 0) is 25.3 Å². The summed E-state index contributed by atoms with van der Waals surface area (Å²) in [4.78, 5) is 21.9. The number of esters is 1. The predicted molar refractivity (Wildman–Crippen MR) is 59.5 cm³/mol. The van der Waals surface area contributed by atoms with Gasteiger partial charge in [0.15, 0.2) is 5.78 Å². The molecule has 0 spiro atoms. The molecule has 0 aliphatic rings. The van der Waals surface area contributed by atoms with Crippen LogP contribution in [-0.2, 0) is 14.3 Å². The van der Waals surface area contributed by atoms with Crippen LogP contribution in [0.2, 0.25) is 0 Å². The van der Waals surface area contributed by atoms with Gasteiger partial charge in [0.2, 0.25) is 0 Å². The predicted octanol–water partition coefficient (Wildman–Crippen LogP) is 2.50. The molecule has 3 heteroatoms. The van der Waals surface area contributed by atoms with E-state index in [2.05, 4.69) is 6.58 Å². The molecule has 0 bridgehead atoms. The molecular formula is C12H20O3. The van der Waals surface area contributed by atoms with Crippen molar-refractivity contribution in [3.05, 3.63) is 12.7 Å². The van der Waals surface area contributed by atoms with E-state index in [1.165, 1.54) is 6.08 Å². The van der Waals surface area contributed by atoms with Crippen LogP contribution in [0.4, 0.5) is 0 Å². The number of rotatable bonds is 8. The molecule has 0 aromatic carbocycles. The fourth-order valence-electron chi connectivity index (χ4n) is 1.02. The quantitative estimate of drug-likeness (QED) is 0.353. The van der Waals surface area contributed by atoms with E-state index in [0.717, 1.165) is 19.3 Å². The Morgan fingerprint density at radius 3 is 2.47 bits per heavy atom. The van der Waals surface area contributed by atoms with Crippen LogP contribution < -0.4 is 0 Å². The molecule has 0 aliphatic carbocycles. The maximum atomic E-state index is 11.0. The van der Waals surface area contributed by atoms with Crippen LogP contribution in [0, 0.1) is 5.92 Å². The van der Waals surface area contributed by atoms with Crippen LogP contribution in [0.5, 0.6) is 0 Å². The summed E-state index contributed by atoms with van der Waals surface area (Å²) in [5.74, 6) is -0.140. The zero-order chi connectivity index (χ0) is 11.7. The number of unbranched alkanes of at least 4 members (excludes halogenated alkanes) is 2. The van der Waals surface area contributed by atoms with E-state index < -0.39 is 0 Å². The topological polar surface area (TPSA) is 43.4 Å². The van der Waals surface area contributed by atoms with Crippen molar-refractivity contribution in [2.24, 2.45) is 5.92 Å². The van der Waals surface area contributed by atoms with Gasteiger partial charge >= 0.3 is 5.97 Å². The molecule has 0 aromatic heterocycles. The Morgan fingerprint density at radius 1 is 1.27 bits per heavy atom. The zero-order valence-corrected chi connectivity index (χ0v) is 9.62. The molecule has 0 amide bonds. The molecule has 0 heterocycles. The summed E-state index contributed by atoms with van der Waals surface area (Å²) >= 11 is 0. The number of carbonyl (C=O) groups is 2. The first kappa shape index (κ1) is 13.9. The Morgan fingerprint density at radius 2 is 1.93 bits per heavy atom. The van der Waals surface area contributed by atoms with Crippen molar-refractivity contribution in [3.8, 4) is 0 Å². The Labute approximate surface area is 91.5 Å². The average molecular weight is 212 g/mol. The molecule has 0 saturated carbocycles. The molecule has 0 unspecified atom stereocenters. The third-order valence-corrected chi connectivity index (χ3v) is 2.01. The summed E-state index contributed by atoms with van der Waals surface area (Å²) in [6.45, 7) is 7.48. The first-order chi connectivity index (χ1) is 7.07. The lowest BCUT2D eigenvalue weighted by Crippen LogP contribution is -2.12. The molecule has 0 aromatic rings. The summed E-state index contributed by atoms with van der Waals surface area (Å²) in [6, 6.07) is 0. The Hall–Kier alpha value is -1.12. The maximum absolute atomic E-state index is 11.0. The average Bonchev–Trinajstić information content (AvgIpc) is 2.22. The van der Waals surface area contributed by atoms with E-state index in [0.29, 0.717) is 13.0 Å². The van der Waals surface area contributed by atoms with E-state index in [1.807, 2.05) is 13.8 Å². The fourth-order valence-corrected chi connectivity index (χ4v) is 1.02. The van der Waals surface area contributed by atoms with Crippen molar-refractivity contribution < 1.29 is 14.3 Å². The molecule has 0 radical (unpaired) electrons. The highest BCUT2D eigenvalue weighted by molar-refractivity contribution is 5.88. The molecule has 0 fully saturated rings. The van der Waals surface area contributed by atoms with Gasteiger partial charge in [-0.3, -0.25) is 9.59 Å². The third-order valence-electron chi connectivity index (χ3n) is 2.01. The maximum Gasteiger partial charge on any atom is 0.308 e. The van der Waals surface area contributed by atoms with E-state index in [4.69, 9.17) is 4.74 Å². The second-order valence-corrected chi connectivity index (χ2v) is 3.80. The normalized spacial score (nSPS) is 10.1. The molecule has 15 heavy (non-hydrogen) atoms. The Kier molecular flexibility index (Phi) is 7.60. The molecule has 0 rings (SSSR count). The second kappa shape index (κ2) is 8.21. The van der Waals surface area contributed by atoms with Crippen molar-refractivity contribution >= 4 is 11.8 Å². The lowest BCUT2D eigenvalue weighted by atomic mass is 10.1. The molecular weight excluding hydrogens is 192 g/mol.